The van der Waals surface area contributed by atoms with Gasteiger partial charge in [-0.15, -0.1) is 0 Å². The summed E-state index contributed by atoms with van der Waals surface area (Å²) in [7, 11) is 0. The van der Waals surface area contributed by atoms with E-state index in [-0.39, 0.29) is 17.2 Å². The van der Waals surface area contributed by atoms with Crippen molar-refractivity contribution < 1.29 is 14.7 Å². The number of carbonyl (C=O) groups is 2. The molecule has 1 N–H and O–H groups in total. The Balaban J connectivity index is 1.67. The Morgan fingerprint density at radius 2 is 1.78 bits per heavy atom. The molecule has 2 fully saturated rings. The Hall–Kier alpha value is -1.36. The average molecular weight is 380 g/mol. The summed E-state index contributed by atoms with van der Waals surface area (Å²) in [6, 6.07) is 7.87. The molecule has 3 rings (SSSR count). The zero-order valence-electron chi connectivity index (χ0n) is 13.5. The van der Waals surface area contributed by atoms with Crippen LogP contribution in [0.4, 0.5) is 0 Å². The van der Waals surface area contributed by atoms with Gasteiger partial charge in [0.2, 0.25) is 5.91 Å². The fraction of sp³-hybridized carbons (Fsp3) is 0.556. The topological polar surface area (TPSA) is 57.6 Å². The summed E-state index contributed by atoms with van der Waals surface area (Å²) < 4.78 is 0.998. The standard InChI is InChI=1S/C18H22BrNO3/c1-17(2,12-3-5-13(19)6-4-12)16(23)20-9-7-18(8-10-20)11-14(18)15(21)22/h3-6,14H,7-11H2,1-2H3,(H,21,22). The molecule has 124 valence electrons. The van der Waals surface area contributed by atoms with Gasteiger partial charge in [0.1, 0.15) is 0 Å². The molecule has 23 heavy (non-hydrogen) atoms. The molecular weight excluding hydrogens is 358 g/mol. The molecule has 1 aromatic carbocycles. The number of piperidine rings is 1. The van der Waals surface area contributed by atoms with Crippen LogP contribution in [0.15, 0.2) is 28.7 Å². The van der Waals surface area contributed by atoms with Crippen molar-refractivity contribution in [2.24, 2.45) is 11.3 Å². The lowest BCUT2D eigenvalue weighted by atomic mass is 9.81. The Morgan fingerprint density at radius 3 is 2.26 bits per heavy atom. The Bertz CT molecular complexity index is 630. The van der Waals surface area contributed by atoms with Gasteiger partial charge in [-0.2, -0.15) is 0 Å². The number of halogens is 1. The molecule has 5 heteroatoms. The average Bonchev–Trinajstić information content (AvgIpc) is 3.22. The summed E-state index contributed by atoms with van der Waals surface area (Å²) >= 11 is 3.42. The molecule has 1 spiro atoms. The zero-order chi connectivity index (χ0) is 16.8. The van der Waals surface area contributed by atoms with Crippen molar-refractivity contribution in [3.05, 3.63) is 34.3 Å². The molecule has 1 atom stereocenters. The van der Waals surface area contributed by atoms with Crippen LogP contribution in [0.1, 0.15) is 38.7 Å². The molecule has 0 bridgehead atoms. The number of likely N-dealkylation sites (tertiary alicyclic amines) is 1. The van der Waals surface area contributed by atoms with Crippen LogP contribution in [-0.2, 0) is 15.0 Å². The molecule has 0 radical (unpaired) electrons. The van der Waals surface area contributed by atoms with Gasteiger partial charge < -0.3 is 10.0 Å². The van der Waals surface area contributed by atoms with Crippen molar-refractivity contribution in [2.75, 3.05) is 13.1 Å². The molecule has 1 saturated carbocycles. The molecule has 4 nitrogen and oxygen atoms in total. The predicted octanol–water partition coefficient (Wildman–Crippen LogP) is 3.44. The SMILES string of the molecule is CC(C)(C(=O)N1CCC2(CC1)CC2C(=O)O)c1ccc(Br)cc1. The molecule has 1 aliphatic heterocycles. The Morgan fingerprint density at radius 1 is 1.22 bits per heavy atom. The maximum Gasteiger partial charge on any atom is 0.307 e. The maximum atomic E-state index is 12.9. The highest BCUT2D eigenvalue weighted by molar-refractivity contribution is 9.10. The number of carboxylic acid groups (broad SMARTS) is 1. The van der Waals surface area contributed by atoms with Crippen LogP contribution in [0.5, 0.6) is 0 Å². The molecule has 2 aliphatic rings. The highest BCUT2D eigenvalue weighted by Gasteiger charge is 2.59. The summed E-state index contributed by atoms with van der Waals surface area (Å²) in [6.07, 6.45) is 2.40. The summed E-state index contributed by atoms with van der Waals surface area (Å²) in [6.45, 7) is 5.26. The molecular formula is C18H22BrNO3. The molecule has 1 amide bonds. The molecule has 1 aliphatic carbocycles. The smallest absolute Gasteiger partial charge is 0.307 e. The number of nitrogens with zero attached hydrogens (tertiary/aromatic N) is 1. The molecule has 1 heterocycles. The number of benzene rings is 1. The number of rotatable bonds is 3. The van der Waals surface area contributed by atoms with Gasteiger partial charge in [-0.3, -0.25) is 9.59 Å². The minimum Gasteiger partial charge on any atom is -0.481 e. The first-order chi connectivity index (χ1) is 10.8. The van der Waals surface area contributed by atoms with Crippen molar-refractivity contribution in [1.82, 2.24) is 4.90 Å². The fourth-order valence-corrected chi connectivity index (χ4v) is 4.05. The number of hydrogen-bond acceptors (Lipinski definition) is 2. The van der Waals surface area contributed by atoms with Gasteiger partial charge in [-0.25, -0.2) is 0 Å². The lowest BCUT2D eigenvalue weighted by Gasteiger charge is -2.37. The van der Waals surface area contributed by atoms with E-state index in [0.29, 0.717) is 13.1 Å². The minimum atomic E-state index is -0.681. The second-order valence-electron chi connectivity index (χ2n) is 7.38. The quantitative estimate of drug-likeness (QED) is 0.874. The zero-order valence-corrected chi connectivity index (χ0v) is 15.1. The summed E-state index contributed by atoms with van der Waals surface area (Å²) in [4.78, 5) is 26.0. The van der Waals surface area contributed by atoms with Gasteiger partial charge in [-0.05, 0) is 56.2 Å². The first kappa shape index (κ1) is 16.5. The lowest BCUT2D eigenvalue weighted by Crippen LogP contribution is -2.47. The second kappa shape index (κ2) is 5.62. The molecule has 1 saturated heterocycles. The van der Waals surface area contributed by atoms with E-state index in [4.69, 9.17) is 5.11 Å². The summed E-state index contributed by atoms with van der Waals surface area (Å²) in [5, 5.41) is 9.16. The summed E-state index contributed by atoms with van der Waals surface area (Å²) in [5.74, 6) is -0.749. The van der Waals surface area contributed by atoms with Crippen molar-refractivity contribution in [3.63, 3.8) is 0 Å². The van der Waals surface area contributed by atoms with Crippen molar-refractivity contribution in [2.45, 2.75) is 38.5 Å². The van der Waals surface area contributed by atoms with E-state index in [0.717, 1.165) is 29.3 Å². The predicted molar refractivity (Wildman–Crippen MR) is 91.2 cm³/mol. The second-order valence-corrected chi connectivity index (χ2v) is 8.30. The van der Waals surface area contributed by atoms with Crippen LogP contribution >= 0.6 is 15.9 Å². The van der Waals surface area contributed by atoms with Gasteiger partial charge in [0.05, 0.1) is 11.3 Å². The van der Waals surface area contributed by atoms with Crippen LogP contribution in [0.3, 0.4) is 0 Å². The normalized spacial score (nSPS) is 22.9. The third-order valence-corrected chi connectivity index (χ3v) is 6.16. The highest BCUT2D eigenvalue weighted by atomic mass is 79.9. The van der Waals surface area contributed by atoms with E-state index in [1.54, 1.807) is 0 Å². The third kappa shape index (κ3) is 2.91. The van der Waals surface area contributed by atoms with E-state index in [2.05, 4.69) is 15.9 Å². The van der Waals surface area contributed by atoms with Crippen LogP contribution in [0.2, 0.25) is 0 Å². The Kier molecular flexibility index (Phi) is 4.03. The summed E-state index contributed by atoms with van der Waals surface area (Å²) in [5.41, 5.74) is 0.395. The number of carbonyl (C=O) groups excluding carboxylic acids is 1. The van der Waals surface area contributed by atoms with E-state index in [1.165, 1.54) is 0 Å². The van der Waals surface area contributed by atoms with Gasteiger partial charge in [-0.1, -0.05) is 28.1 Å². The van der Waals surface area contributed by atoms with E-state index < -0.39 is 11.4 Å². The van der Waals surface area contributed by atoms with Gasteiger partial charge >= 0.3 is 5.97 Å². The maximum absolute atomic E-state index is 12.9. The van der Waals surface area contributed by atoms with Crippen LogP contribution in [0, 0.1) is 11.3 Å². The van der Waals surface area contributed by atoms with Crippen LogP contribution in [0.25, 0.3) is 0 Å². The Labute approximate surface area is 145 Å². The minimum absolute atomic E-state index is 0.0373. The highest BCUT2D eigenvalue weighted by Crippen LogP contribution is 2.59. The van der Waals surface area contributed by atoms with Crippen LogP contribution in [-0.4, -0.2) is 35.0 Å². The van der Waals surface area contributed by atoms with Gasteiger partial charge in [0, 0.05) is 17.6 Å². The van der Waals surface area contributed by atoms with Crippen molar-refractivity contribution in [1.29, 1.82) is 0 Å². The first-order valence-corrected chi connectivity index (χ1v) is 8.84. The van der Waals surface area contributed by atoms with Crippen molar-refractivity contribution >= 4 is 27.8 Å². The largest absolute Gasteiger partial charge is 0.481 e. The monoisotopic (exact) mass is 379 g/mol. The van der Waals surface area contributed by atoms with E-state index in [9.17, 15) is 9.59 Å². The van der Waals surface area contributed by atoms with Crippen LogP contribution < -0.4 is 0 Å². The fourth-order valence-electron chi connectivity index (χ4n) is 3.79. The third-order valence-electron chi connectivity index (χ3n) is 5.63. The number of hydrogen-bond donors (Lipinski definition) is 1. The molecule has 1 aromatic rings. The van der Waals surface area contributed by atoms with E-state index >= 15 is 0 Å². The first-order valence-electron chi connectivity index (χ1n) is 8.04. The molecule has 1 unspecified atom stereocenters. The van der Waals surface area contributed by atoms with Gasteiger partial charge in [0.15, 0.2) is 0 Å². The van der Waals surface area contributed by atoms with E-state index in [1.807, 2.05) is 43.0 Å². The number of amides is 1. The number of carboxylic acids is 1. The van der Waals surface area contributed by atoms with Gasteiger partial charge in [0.25, 0.3) is 0 Å². The number of aliphatic carboxylic acids is 1. The lowest BCUT2D eigenvalue weighted by molar-refractivity contribution is -0.140. The van der Waals surface area contributed by atoms with Crippen molar-refractivity contribution in [3.8, 4) is 0 Å². The molecule has 0 aromatic heterocycles.